The molecule has 0 aliphatic carbocycles. The van der Waals surface area contributed by atoms with Crippen molar-refractivity contribution in [2.75, 3.05) is 37.7 Å². The van der Waals surface area contributed by atoms with Crippen LogP contribution in [0, 0.1) is 0 Å². The minimum Gasteiger partial charge on any atom is -0.315 e. The maximum absolute atomic E-state index is 3.60. The lowest BCUT2D eigenvalue weighted by Crippen LogP contribution is -2.38. The summed E-state index contributed by atoms with van der Waals surface area (Å²) in [4.78, 5) is 2.60. The molecule has 0 radical (unpaired) electrons. The number of likely N-dealkylation sites (N-methyl/N-ethyl adjacent to an activating group) is 1. The molecule has 3 heteroatoms. The van der Waals surface area contributed by atoms with E-state index >= 15 is 0 Å². The van der Waals surface area contributed by atoms with E-state index < -0.39 is 0 Å². The molecule has 1 unspecified atom stereocenters. The van der Waals surface area contributed by atoms with Crippen molar-refractivity contribution in [3.05, 3.63) is 0 Å². The van der Waals surface area contributed by atoms with E-state index in [1.165, 1.54) is 56.9 Å². The van der Waals surface area contributed by atoms with Gasteiger partial charge in [-0.3, -0.25) is 4.90 Å². The Balaban J connectivity index is 1.95. The van der Waals surface area contributed by atoms with Gasteiger partial charge in [0.2, 0.25) is 0 Å². The molecule has 1 saturated heterocycles. The van der Waals surface area contributed by atoms with E-state index in [0.29, 0.717) is 0 Å². The first-order valence-electron chi connectivity index (χ1n) is 6.41. The predicted molar refractivity (Wildman–Crippen MR) is 70.8 cm³/mol. The summed E-state index contributed by atoms with van der Waals surface area (Å²) < 4.78 is 0. The summed E-state index contributed by atoms with van der Waals surface area (Å²) in [5.41, 5.74) is 0. The largest absolute Gasteiger partial charge is 0.315 e. The van der Waals surface area contributed by atoms with Gasteiger partial charge < -0.3 is 5.32 Å². The lowest BCUT2D eigenvalue weighted by molar-refractivity contribution is 0.260. The van der Waals surface area contributed by atoms with Crippen molar-refractivity contribution in [2.24, 2.45) is 0 Å². The van der Waals surface area contributed by atoms with E-state index in [9.17, 15) is 0 Å². The molecule has 2 nitrogen and oxygen atoms in total. The van der Waals surface area contributed by atoms with Gasteiger partial charge in [0.15, 0.2) is 0 Å². The van der Waals surface area contributed by atoms with Gasteiger partial charge in [-0.2, -0.15) is 11.8 Å². The van der Waals surface area contributed by atoms with E-state index in [1.54, 1.807) is 0 Å². The highest BCUT2D eigenvalue weighted by Gasteiger charge is 2.21. The standard InChI is InChI=1S/C12H26N2S/c1-3-14-9-5-7-12(14)11-13-8-6-10-15-4-2/h12-13H,3-11H2,1-2H3. The van der Waals surface area contributed by atoms with Crippen LogP contribution in [0.2, 0.25) is 0 Å². The first kappa shape index (κ1) is 13.3. The Kier molecular flexibility index (Phi) is 7.49. The summed E-state index contributed by atoms with van der Waals surface area (Å²) in [7, 11) is 0. The van der Waals surface area contributed by atoms with Crippen LogP contribution >= 0.6 is 11.8 Å². The molecular formula is C12H26N2S. The van der Waals surface area contributed by atoms with Crippen molar-refractivity contribution in [3.63, 3.8) is 0 Å². The fourth-order valence-corrected chi connectivity index (χ4v) is 2.89. The molecule has 0 aromatic rings. The summed E-state index contributed by atoms with van der Waals surface area (Å²) in [5.74, 6) is 2.57. The van der Waals surface area contributed by atoms with Gasteiger partial charge in [-0.1, -0.05) is 13.8 Å². The summed E-state index contributed by atoms with van der Waals surface area (Å²) in [6.07, 6.45) is 4.10. The molecule has 1 heterocycles. The molecule has 1 fully saturated rings. The van der Waals surface area contributed by atoms with Gasteiger partial charge in [0.1, 0.15) is 0 Å². The van der Waals surface area contributed by atoms with E-state index in [0.717, 1.165) is 6.04 Å². The van der Waals surface area contributed by atoms with E-state index in [-0.39, 0.29) is 0 Å². The Morgan fingerprint density at radius 3 is 3.00 bits per heavy atom. The Bertz CT molecular complexity index is 153. The summed E-state index contributed by atoms with van der Waals surface area (Å²) >= 11 is 2.05. The molecule has 0 aromatic heterocycles. The van der Waals surface area contributed by atoms with Crippen LogP contribution in [0.25, 0.3) is 0 Å². The van der Waals surface area contributed by atoms with Crippen LogP contribution in [0.4, 0.5) is 0 Å². The Labute approximate surface area is 99.2 Å². The average Bonchev–Trinajstić information content (AvgIpc) is 2.70. The topological polar surface area (TPSA) is 15.3 Å². The van der Waals surface area contributed by atoms with Gasteiger partial charge in [-0.15, -0.1) is 0 Å². The minimum atomic E-state index is 0.814. The van der Waals surface area contributed by atoms with Crippen LogP contribution in [0.5, 0.6) is 0 Å². The zero-order chi connectivity index (χ0) is 10.9. The molecule has 1 rings (SSSR count). The molecule has 1 atom stereocenters. The van der Waals surface area contributed by atoms with Crippen molar-refractivity contribution < 1.29 is 0 Å². The van der Waals surface area contributed by atoms with Crippen LogP contribution < -0.4 is 5.32 Å². The van der Waals surface area contributed by atoms with Crippen molar-refractivity contribution in [3.8, 4) is 0 Å². The molecule has 15 heavy (non-hydrogen) atoms. The second kappa shape index (κ2) is 8.43. The maximum Gasteiger partial charge on any atom is 0.0220 e. The number of likely N-dealkylation sites (tertiary alicyclic amines) is 1. The third-order valence-electron chi connectivity index (χ3n) is 3.13. The van der Waals surface area contributed by atoms with Crippen LogP contribution in [0.15, 0.2) is 0 Å². The van der Waals surface area contributed by atoms with Gasteiger partial charge in [0, 0.05) is 12.6 Å². The zero-order valence-corrected chi connectivity index (χ0v) is 11.1. The molecule has 0 amide bonds. The number of hydrogen-bond donors (Lipinski definition) is 1. The van der Waals surface area contributed by atoms with E-state index in [2.05, 4.69) is 24.1 Å². The molecule has 1 aliphatic rings. The Morgan fingerprint density at radius 2 is 2.27 bits per heavy atom. The van der Waals surface area contributed by atoms with Crippen LogP contribution in [-0.4, -0.2) is 48.6 Å². The fourth-order valence-electron chi connectivity index (χ4n) is 2.25. The number of nitrogens with zero attached hydrogens (tertiary/aromatic N) is 1. The maximum atomic E-state index is 3.60. The minimum absolute atomic E-state index is 0.814. The number of thioether (sulfide) groups is 1. The van der Waals surface area contributed by atoms with E-state index in [4.69, 9.17) is 0 Å². The zero-order valence-electron chi connectivity index (χ0n) is 10.3. The lowest BCUT2D eigenvalue weighted by Gasteiger charge is -2.22. The SMILES string of the molecule is CCSCCCNCC1CCCN1CC. The monoisotopic (exact) mass is 230 g/mol. The van der Waals surface area contributed by atoms with Gasteiger partial charge in [0.05, 0.1) is 0 Å². The van der Waals surface area contributed by atoms with Crippen molar-refractivity contribution in [1.82, 2.24) is 10.2 Å². The molecule has 0 aromatic carbocycles. The Morgan fingerprint density at radius 1 is 1.40 bits per heavy atom. The highest BCUT2D eigenvalue weighted by atomic mass is 32.2. The number of rotatable bonds is 8. The van der Waals surface area contributed by atoms with Crippen molar-refractivity contribution >= 4 is 11.8 Å². The summed E-state index contributed by atoms with van der Waals surface area (Å²) in [6, 6.07) is 0.814. The number of nitrogens with one attached hydrogen (secondary N) is 1. The molecule has 1 aliphatic heterocycles. The normalized spacial score (nSPS) is 22.4. The molecule has 0 spiro atoms. The third kappa shape index (κ3) is 5.23. The third-order valence-corrected chi connectivity index (χ3v) is 4.12. The molecule has 90 valence electrons. The number of hydrogen-bond acceptors (Lipinski definition) is 3. The van der Waals surface area contributed by atoms with Gasteiger partial charge >= 0.3 is 0 Å². The quantitative estimate of drug-likeness (QED) is 0.644. The van der Waals surface area contributed by atoms with Gasteiger partial charge in [0.25, 0.3) is 0 Å². The first-order chi connectivity index (χ1) is 7.38. The fraction of sp³-hybridized carbons (Fsp3) is 1.00. The highest BCUT2D eigenvalue weighted by molar-refractivity contribution is 7.99. The van der Waals surface area contributed by atoms with E-state index in [1.807, 2.05) is 11.8 Å². The molecule has 0 saturated carbocycles. The highest BCUT2D eigenvalue weighted by Crippen LogP contribution is 2.15. The van der Waals surface area contributed by atoms with Gasteiger partial charge in [-0.05, 0) is 50.4 Å². The van der Waals surface area contributed by atoms with Crippen LogP contribution in [0.3, 0.4) is 0 Å². The summed E-state index contributed by atoms with van der Waals surface area (Å²) in [5, 5.41) is 3.60. The second-order valence-electron chi connectivity index (χ2n) is 4.18. The van der Waals surface area contributed by atoms with Crippen LogP contribution in [-0.2, 0) is 0 Å². The van der Waals surface area contributed by atoms with Crippen LogP contribution in [0.1, 0.15) is 33.1 Å². The van der Waals surface area contributed by atoms with Crippen molar-refractivity contribution in [1.29, 1.82) is 0 Å². The molecular weight excluding hydrogens is 204 g/mol. The summed E-state index contributed by atoms with van der Waals surface area (Å²) in [6.45, 7) is 9.43. The second-order valence-corrected chi connectivity index (χ2v) is 5.57. The average molecular weight is 230 g/mol. The smallest absolute Gasteiger partial charge is 0.0220 e. The predicted octanol–water partition coefficient (Wildman–Crippen LogP) is 2.20. The molecule has 0 bridgehead atoms. The first-order valence-corrected chi connectivity index (χ1v) is 7.56. The molecule has 1 N–H and O–H groups in total. The Hall–Kier alpha value is 0.270. The van der Waals surface area contributed by atoms with Crippen molar-refractivity contribution in [2.45, 2.75) is 39.2 Å². The van der Waals surface area contributed by atoms with Gasteiger partial charge in [-0.25, -0.2) is 0 Å². The lowest BCUT2D eigenvalue weighted by atomic mass is 10.2.